The van der Waals surface area contributed by atoms with Gasteiger partial charge in [-0.3, -0.25) is 9.59 Å². The van der Waals surface area contributed by atoms with E-state index in [2.05, 4.69) is 15.5 Å². The van der Waals surface area contributed by atoms with Crippen LogP contribution in [-0.4, -0.2) is 46.0 Å². The van der Waals surface area contributed by atoms with E-state index in [1.165, 1.54) is 35.6 Å². The van der Waals surface area contributed by atoms with Gasteiger partial charge in [-0.2, -0.15) is 5.10 Å². The van der Waals surface area contributed by atoms with Crippen LogP contribution < -0.4 is 11.1 Å². The van der Waals surface area contributed by atoms with E-state index < -0.39 is 0 Å². The Morgan fingerprint density at radius 1 is 1.21 bits per heavy atom. The highest BCUT2D eigenvalue weighted by Crippen LogP contribution is 2.34. The topological polar surface area (TPSA) is 101 Å². The standard InChI is InChI=1S/C19H18FN5O2S/c1-9-10(2)23-24-18-14(9)15(21)16(28-18)17(26)22-13-7-25(8-13)19(27)11-3-5-12(20)6-4-11/h3-6,13H,7-8,21H2,1-2H3,(H,22,26). The summed E-state index contributed by atoms with van der Waals surface area (Å²) < 4.78 is 13.0. The normalized spacial score (nSPS) is 14.2. The van der Waals surface area contributed by atoms with Gasteiger partial charge in [0.25, 0.3) is 11.8 Å². The minimum absolute atomic E-state index is 0.157. The molecule has 0 unspecified atom stereocenters. The molecule has 7 nitrogen and oxygen atoms in total. The van der Waals surface area contributed by atoms with Crippen LogP contribution in [0.15, 0.2) is 24.3 Å². The molecule has 0 radical (unpaired) electrons. The molecule has 0 bridgehead atoms. The van der Waals surface area contributed by atoms with Crippen LogP contribution in [0.4, 0.5) is 10.1 Å². The number of rotatable bonds is 3. The van der Waals surface area contributed by atoms with E-state index in [9.17, 15) is 14.0 Å². The van der Waals surface area contributed by atoms with E-state index in [0.717, 1.165) is 16.6 Å². The number of nitrogens with two attached hydrogens (primary N) is 1. The Labute approximate surface area is 164 Å². The number of benzene rings is 1. The number of hydrogen-bond acceptors (Lipinski definition) is 6. The van der Waals surface area contributed by atoms with Crippen molar-refractivity contribution in [2.75, 3.05) is 18.8 Å². The molecule has 2 amide bonds. The minimum atomic E-state index is -0.388. The van der Waals surface area contributed by atoms with Gasteiger partial charge in [0.1, 0.15) is 15.5 Å². The fourth-order valence-corrected chi connectivity index (χ4v) is 4.17. The molecule has 2 aromatic heterocycles. The van der Waals surface area contributed by atoms with Gasteiger partial charge in [-0.15, -0.1) is 16.4 Å². The number of nitrogens with zero attached hydrogens (tertiary/aromatic N) is 3. The van der Waals surface area contributed by atoms with Crippen molar-refractivity contribution in [3.05, 3.63) is 51.8 Å². The molecule has 0 aliphatic carbocycles. The van der Waals surface area contributed by atoms with Crippen molar-refractivity contribution in [3.63, 3.8) is 0 Å². The van der Waals surface area contributed by atoms with E-state index in [1.807, 2.05) is 13.8 Å². The minimum Gasteiger partial charge on any atom is -0.397 e. The number of aryl methyl sites for hydroxylation is 2. The third-order valence-corrected chi connectivity index (χ3v) is 6.03. The van der Waals surface area contributed by atoms with Crippen molar-refractivity contribution in [1.29, 1.82) is 0 Å². The zero-order chi connectivity index (χ0) is 20.0. The van der Waals surface area contributed by atoms with E-state index >= 15 is 0 Å². The molecule has 1 aliphatic heterocycles. The predicted molar refractivity (Wildman–Crippen MR) is 105 cm³/mol. The molecule has 9 heteroatoms. The number of anilines is 1. The molecule has 0 atom stereocenters. The first-order valence-electron chi connectivity index (χ1n) is 8.72. The molecule has 1 aromatic carbocycles. The lowest BCUT2D eigenvalue weighted by Crippen LogP contribution is -2.60. The highest BCUT2D eigenvalue weighted by Gasteiger charge is 2.33. The van der Waals surface area contributed by atoms with Gasteiger partial charge in [-0.25, -0.2) is 4.39 Å². The highest BCUT2D eigenvalue weighted by molar-refractivity contribution is 7.21. The number of hydrogen-bond donors (Lipinski definition) is 2. The average molecular weight is 399 g/mol. The summed E-state index contributed by atoms with van der Waals surface area (Å²) in [6.45, 7) is 4.54. The zero-order valence-corrected chi connectivity index (χ0v) is 16.1. The molecule has 144 valence electrons. The van der Waals surface area contributed by atoms with Gasteiger partial charge < -0.3 is 16.0 Å². The Morgan fingerprint density at radius 3 is 2.57 bits per heavy atom. The Balaban J connectivity index is 1.43. The molecule has 3 aromatic rings. The summed E-state index contributed by atoms with van der Waals surface area (Å²) in [5, 5.41) is 11.9. The fraction of sp³-hybridized carbons (Fsp3) is 0.263. The average Bonchev–Trinajstić information content (AvgIpc) is 2.98. The Hall–Kier alpha value is -3.07. The van der Waals surface area contributed by atoms with Gasteiger partial charge in [0, 0.05) is 24.0 Å². The van der Waals surface area contributed by atoms with E-state index in [-0.39, 0.29) is 23.7 Å². The largest absolute Gasteiger partial charge is 0.397 e. The van der Waals surface area contributed by atoms with Crippen molar-refractivity contribution < 1.29 is 14.0 Å². The maximum atomic E-state index is 13.0. The lowest BCUT2D eigenvalue weighted by atomic mass is 10.1. The van der Waals surface area contributed by atoms with Crippen LogP contribution in [0.5, 0.6) is 0 Å². The van der Waals surface area contributed by atoms with Crippen molar-refractivity contribution in [1.82, 2.24) is 20.4 Å². The van der Waals surface area contributed by atoms with Gasteiger partial charge in [-0.1, -0.05) is 0 Å². The monoisotopic (exact) mass is 399 g/mol. The van der Waals surface area contributed by atoms with Crippen LogP contribution in [0.3, 0.4) is 0 Å². The summed E-state index contributed by atoms with van der Waals surface area (Å²) in [4.78, 5) is 27.6. The number of likely N-dealkylation sites (tertiary alicyclic amines) is 1. The Morgan fingerprint density at radius 2 is 1.89 bits per heavy atom. The molecule has 1 saturated heterocycles. The Kier molecular flexibility index (Phi) is 4.46. The predicted octanol–water partition coefficient (Wildman–Crippen LogP) is 2.28. The second-order valence-corrected chi connectivity index (χ2v) is 7.82. The SMILES string of the molecule is Cc1nnc2sc(C(=O)NC3CN(C(=O)c4ccc(F)cc4)C3)c(N)c2c1C. The molecule has 0 spiro atoms. The summed E-state index contributed by atoms with van der Waals surface area (Å²) >= 11 is 1.21. The molecule has 1 fully saturated rings. The third kappa shape index (κ3) is 3.07. The van der Waals surface area contributed by atoms with Crippen LogP contribution in [-0.2, 0) is 0 Å². The first-order chi connectivity index (χ1) is 13.3. The van der Waals surface area contributed by atoms with Crippen molar-refractivity contribution in [3.8, 4) is 0 Å². The Bertz CT molecular complexity index is 1090. The molecular weight excluding hydrogens is 381 g/mol. The van der Waals surface area contributed by atoms with Crippen LogP contribution in [0.2, 0.25) is 0 Å². The molecule has 3 heterocycles. The summed E-state index contributed by atoms with van der Waals surface area (Å²) in [5.74, 6) is -0.856. The zero-order valence-electron chi connectivity index (χ0n) is 15.3. The molecule has 1 aliphatic rings. The van der Waals surface area contributed by atoms with Gasteiger partial charge in [0.05, 0.1) is 17.4 Å². The number of halogens is 1. The van der Waals surface area contributed by atoms with Crippen molar-refractivity contribution in [2.24, 2.45) is 0 Å². The summed E-state index contributed by atoms with van der Waals surface area (Å²) in [6.07, 6.45) is 0. The maximum Gasteiger partial charge on any atom is 0.263 e. The number of carbonyl (C=O) groups excluding carboxylic acids is 2. The van der Waals surface area contributed by atoms with E-state index in [0.29, 0.717) is 34.0 Å². The number of thiophene rings is 1. The number of nitrogens with one attached hydrogen (secondary N) is 1. The van der Waals surface area contributed by atoms with Crippen molar-refractivity contribution in [2.45, 2.75) is 19.9 Å². The molecule has 28 heavy (non-hydrogen) atoms. The van der Waals surface area contributed by atoms with Gasteiger partial charge in [0.2, 0.25) is 0 Å². The summed E-state index contributed by atoms with van der Waals surface area (Å²) in [6, 6.07) is 5.25. The van der Waals surface area contributed by atoms with Crippen LogP contribution >= 0.6 is 11.3 Å². The number of carbonyl (C=O) groups is 2. The molecule has 3 N–H and O–H groups in total. The summed E-state index contributed by atoms with van der Waals surface area (Å²) in [7, 11) is 0. The smallest absolute Gasteiger partial charge is 0.263 e. The molecule has 0 saturated carbocycles. The molecule has 4 rings (SSSR count). The number of fused-ring (bicyclic) bond motifs is 1. The lowest BCUT2D eigenvalue weighted by Gasteiger charge is -2.39. The first-order valence-corrected chi connectivity index (χ1v) is 9.54. The van der Waals surface area contributed by atoms with Gasteiger partial charge >= 0.3 is 0 Å². The van der Waals surface area contributed by atoms with Crippen molar-refractivity contribution >= 4 is 39.1 Å². The first kappa shape index (κ1) is 18.3. The highest BCUT2D eigenvalue weighted by atomic mass is 32.1. The molecular formula is C19H18FN5O2S. The van der Waals surface area contributed by atoms with Crippen LogP contribution in [0.25, 0.3) is 10.2 Å². The van der Waals surface area contributed by atoms with Gasteiger partial charge in [0.15, 0.2) is 0 Å². The third-order valence-electron chi connectivity index (χ3n) is 4.94. The van der Waals surface area contributed by atoms with E-state index in [4.69, 9.17) is 5.73 Å². The number of amides is 2. The number of aromatic nitrogens is 2. The second-order valence-electron chi connectivity index (χ2n) is 6.82. The van der Waals surface area contributed by atoms with Crippen LogP contribution in [0, 0.1) is 19.7 Å². The fourth-order valence-electron chi connectivity index (χ4n) is 3.17. The second kappa shape index (κ2) is 6.83. The van der Waals surface area contributed by atoms with Crippen LogP contribution in [0.1, 0.15) is 31.3 Å². The number of nitrogen functional groups attached to an aromatic ring is 1. The maximum absolute atomic E-state index is 13.0. The quantitative estimate of drug-likeness (QED) is 0.704. The summed E-state index contributed by atoms with van der Waals surface area (Å²) in [5.41, 5.74) is 8.71. The van der Waals surface area contributed by atoms with Gasteiger partial charge in [-0.05, 0) is 43.7 Å². The van der Waals surface area contributed by atoms with E-state index in [1.54, 1.807) is 4.90 Å². The lowest BCUT2D eigenvalue weighted by molar-refractivity contribution is 0.0543.